The third-order valence-corrected chi connectivity index (χ3v) is 3.89. The predicted octanol–water partition coefficient (Wildman–Crippen LogP) is 1.17. The SMILES string of the molecule is CNC(C)CNS(=O)(=O)c1ccccc1OC(F)F. The Morgan fingerprint density at radius 1 is 1.32 bits per heavy atom. The number of nitrogens with one attached hydrogen (secondary N) is 2. The van der Waals surface area contributed by atoms with Crippen molar-refractivity contribution in [2.75, 3.05) is 13.6 Å². The van der Waals surface area contributed by atoms with Gasteiger partial charge in [0.05, 0.1) is 0 Å². The topological polar surface area (TPSA) is 67.4 Å². The molecular weight excluding hydrogens is 278 g/mol. The lowest BCUT2D eigenvalue weighted by Crippen LogP contribution is -2.37. The monoisotopic (exact) mass is 294 g/mol. The molecule has 0 spiro atoms. The van der Waals surface area contributed by atoms with E-state index >= 15 is 0 Å². The van der Waals surface area contributed by atoms with Gasteiger partial charge in [0.1, 0.15) is 10.6 Å². The van der Waals surface area contributed by atoms with E-state index in [0.717, 1.165) is 0 Å². The molecule has 0 bridgehead atoms. The summed E-state index contributed by atoms with van der Waals surface area (Å²) in [6, 6.07) is 5.17. The van der Waals surface area contributed by atoms with Crippen molar-refractivity contribution < 1.29 is 21.9 Å². The first-order valence-corrected chi connectivity index (χ1v) is 7.06. The molecule has 0 heterocycles. The highest BCUT2D eigenvalue weighted by atomic mass is 32.2. The van der Waals surface area contributed by atoms with Gasteiger partial charge in [-0.15, -0.1) is 0 Å². The number of ether oxygens (including phenoxy) is 1. The van der Waals surface area contributed by atoms with E-state index in [-0.39, 0.29) is 23.2 Å². The van der Waals surface area contributed by atoms with Gasteiger partial charge >= 0.3 is 6.61 Å². The summed E-state index contributed by atoms with van der Waals surface area (Å²) in [7, 11) is -2.20. The van der Waals surface area contributed by atoms with Crippen LogP contribution in [0, 0.1) is 0 Å². The molecule has 2 N–H and O–H groups in total. The van der Waals surface area contributed by atoms with Crippen LogP contribution in [0.25, 0.3) is 0 Å². The quantitative estimate of drug-likeness (QED) is 0.792. The van der Waals surface area contributed by atoms with Crippen molar-refractivity contribution in [3.63, 3.8) is 0 Å². The molecule has 0 fully saturated rings. The lowest BCUT2D eigenvalue weighted by molar-refractivity contribution is -0.0517. The predicted molar refractivity (Wildman–Crippen MR) is 66.8 cm³/mol. The summed E-state index contributed by atoms with van der Waals surface area (Å²) in [5.74, 6) is -0.373. The minimum Gasteiger partial charge on any atom is -0.433 e. The number of hydrogen-bond donors (Lipinski definition) is 2. The summed E-state index contributed by atoms with van der Waals surface area (Å²) in [4.78, 5) is -0.307. The summed E-state index contributed by atoms with van der Waals surface area (Å²) in [5.41, 5.74) is 0. The maximum absolute atomic E-state index is 12.2. The van der Waals surface area contributed by atoms with E-state index in [4.69, 9.17) is 0 Å². The zero-order valence-corrected chi connectivity index (χ0v) is 11.4. The van der Waals surface area contributed by atoms with E-state index in [0.29, 0.717) is 0 Å². The molecule has 0 aromatic heterocycles. The lowest BCUT2D eigenvalue weighted by Gasteiger charge is -2.14. The van der Waals surface area contributed by atoms with E-state index in [1.54, 1.807) is 14.0 Å². The fourth-order valence-corrected chi connectivity index (χ4v) is 2.54. The van der Waals surface area contributed by atoms with E-state index in [2.05, 4.69) is 14.8 Å². The van der Waals surface area contributed by atoms with Crippen molar-refractivity contribution >= 4 is 10.0 Å². The van der Waals surface area contributed by atoms with Gasteiger partial charge in [-0.3, -0.25) is 0 Å². The molecule has 1 rings (SSSR count). The molecule has 1 aromatic carbocycles. The number of para-hydroxylation sites is 1. The lowest BCUT2D eigenvalue weighted by atomic mass is 10.3. The highest BCUT2D eigenvalue weighted by Crippen LogP contribution is 2.24. The van der Waals surface area contributed by atoms with Gasteiger partial charge in [0.15, 0.2) is 0 Å². The second-order valence-electron chi connectivity index (χ2n) is 3.87. The molecule has 8 heteroatoms. The number of rotatable bonds is 7. The van der Waals surface area contributed by atoms with Crippen molar-refractivity contribution in [1.29, 1.82) is 0 Å². The number of hydrogen-bond acceptors (Lipinski definition) is 4. The molecular formula is C11H16F2N2O3S. The molecule has 0 radical (unpaired) electrons. The second kappa shape index (κ2) is 6.78. The van der Waals surface area contributed by atoms with E-state index in [1.165, 1.54) is 24.3 Å². The molecule has 5 nitrogen and oxygen atoms in total. The third-order valence-electron chi connectivity index (χ3n) is 2.43. The van der Waals surface area contributed by atoms with Crippen LogP contribution < -0.4 is 14.8 Å². The minimum atomic E-state index is -3.89. The number of halogens is 2. The number of likely N-dealkylation sites (N-methyl/N-ethyl adjacent to an activating group) is 1. The fraction of sp³-hybridized carbons (Fsp3) is 0.455. The third kappa shape index (κ3) is 4.73. The summed E-state index contributed by atoms with van der Waals surface area (Å²) < 4.78 is 54.9. The average Bonchev–Trinajstić information content (AvgIpc) is 2.35. The van der Waals surface area contributed by atoms with Gasteiger partial charge in [0, 0.05) is 12.6 Å². The summed E-state index contributed by atoms with van der Waals surface area (Å²) in [6.45, 7) is -1.15. The first kappa shape index (κ1) is 15.8. The smallest absolute Gasteiger partial charge is 0.387 e. The maximum Gasteiger partial charge on any atom is 0.387 e. The highest BCUT2D eigenvalue weighted by Gasteiger charge is 2.21. The zero-order valence-electron chi connectivity index (χ0n) is 10.6. The maximum atomic E-state index is 12.2. The van der Waals surface area contributed by atoms with E-state index in [1.807, 2.05) is 0 Å². The van der Waals surface area contributed by atoms with Crippen LogP contribution >= 0.6 is 0 Å². The summed E-state index contributed by atoms with van der Waals surface area (Å²) in [6.07, 6.45) is 0. The Bertz CT molecular complexity index is 508. The minimum absolute atomic E-state index is 0.0852. The van der Waals surface area contributed by atoms with Gasteiger partial charge in [-0.05, 0) is 26.1 Å². The molecule has 19 heavy (non-hydrogen) atoms. The molecule has 0 aliphatic carbocycles. The number of benzene rings is 1. The largest absolute Gasteiger partial charge is 0.433 e. The van der Waals surface area contributed by atoms with Gasteiger partial charge in [-0.1, -0.05) is 12.1 Å². The van der Waals surface area contributed by atoms with Crippen molar-refractivity contribution in [3.05, 3.63) is 24.3 Å². The summed E-state index contributed by atoms with van der Waals surface area (Å²) in [5, 5.41) is 2.86. The molecule has 1 atom stereocenters. The standard InChI is InChI=1S/C11H16F2N2O3S/c1-8(14-2)7-15-19(16,17)10-6-4-3-5-9(10)18-11(12)13/h3-6,8,11,14-15H,7H2,1-2H3. The van der Waals surface area contributed by atoms with E-state index < -0.39 is 16.6 Å². The van der Waals surface area contributed by atoms with E-state index in [9.17, 15) is 17.2 Å². The van der Waals surface area contributed by atoms with Crippen LogP contribution in [0.3, 0.4) is 0 Å². The second-order valence-corrected chi connectivity index (χ2v) is 5.60. The zero-order chi connectivity index (χ0) is 14.5. The molecule has 0 aliphatic rings. The molecule has 1 aromatic rings. The van der Waals surface area contributed by atoms with Crippen molar-refractivity contribution in [2.24, 2.45) is 0 Å². The number of alkyl halides is 2. The Labute approximate surface area is 111 Å². The summed E-state index contributed by atoms with van der Waals surface area (Å²) >= 11 is 0. The van der Waals surface area contributed by atoms with Crippen LogP contribution in [-0.4, -0.2) is 34.7 Å². The van der Waals surface area contributed by atoms with Gasteiger partial charge in [0.2, 0.25) is 10.0 Å². The van der Waals surface area contributed by atoms with Crippen LogP contribution in [0.2, 0.25) is 0 Å². The van der Waals surface area contributed by atoms with Crippen LogP contribution in [-0.2, 0) is 10.0 Å². The Morgan fingerprint density at radius 3 is 2.53 bits per heavy atom. The van der Waals surface area contributed by atoms with Crippen LogP contribution in [0.1, 0.15) is 6.92 Å². The molecule has 108 valence electrons. The highest BCUT2D eigenvalue weighted by molar-refractivity contribution is 7.89. The Morgan fingerprint density at radius 2 is 1.95 bits per heavy atom. The molecule has 0 saturated carbocycles. The van der Waals surface area contributed by atoms with Crippen molar-refractivity contribution in [3.8, 4) is 5.75 Å². The van der Waals surface area contributed by atoms with Crippen molar-refractivity contribution in [2.45, 2.75) is 24.5 Å². The van der Waals surface area contributed by atoms with Gasteiger partial charge in [-0.2, -0.15) is 8.78 Å². The van der Waals surface area contributed by atoms with Crippen LogP contribution in [0.15, 0.2) is 29.2 Å². The van der Waals surface area contributed by atoms with Crippen LogP contribution in [0.5, 0.6) is 5.75 Å². The van der Waals surface area contributed by atoms with Gasteiger partial charge in [-0.25, -0.2) is 13.1 Å². The van der Waals surface area contributed by atoms with Gasteiger partial charge in [0.25, 0.3) is 0 Å². The first-order valence-electron chi connectivity index (χ1n) is 5.57. The van der Waals surface area contributed by atoms with Crippen molar-refractivity contribution in [1.82, 2.24) is 10.0 Å². The first-order chi connectivity index (χ1) is 8.86. The van der Waals surface area contributed by atoms with Gasteiger partial charge < -0.3 is 10.1 Å². The fourth-order valence-electron chi connectivity index (χ4n) is 1.28. The average molecular weight is 294 g/mol. The van der Waals surface area contributed by atoms with Crippen LogP contribution in [0.4, 0.5) is 8.78 Å². The molecule has 1 unspecified atom stereocenters. The Balaban J connectivity index is 2.94. The number of sulfonamides is 1. The Kier molecular flexibility index (Phi) is 5.64. The normalized spacial score (nSPS) is 13.5. The Hall–Kier alpha value is -1.25. The molecule has 0 amide bonds. The molecule has 0 aliphatic heterocycles. The molecule has 0 saturated heterocycles.